The third kappa shape index (κ3) is 3.97. The molecular weight excluding hydrogens is 344 g/mol. The van der Waals surface area contributed by atoms with Crippen molar-refractivity contribution >= 4 is 10.1 Å². The van der Waals surface area contributed by atoms with E-state index in [9.17, 15) is 8.42 Å². The summed E-state index contributed by atoms with van der Waals surface area (Å²) in [5, 5.41) is 0. The second kappa shape index (κ2) is 6.96. The third-order valence-electron chi connectivity index (χ3n) is 4.17. The summed E-state index contributed by atoms with van der Waals surface area (Å²) in [7, 11) is -3.93. The molecule has 3 rings (SSSR count). The Balaban J connectivity index is 2.01. The first kappa shape index (κ1) is 18.2. The van der Waals surface area contributed by atoms with Gasteiger partial charge in [0.1, 0.15) is 10.6 Å². The molecule has 0 fully saturated rings. The van der Waals surface area contributed by atoms with Crippen molar-refractivity contribution in [1.29, 1.82) is 0 Å². The Bertz CT molecular complexity index is 984. The van der Waals surface area contributed by atoms with Crippen LogP contribution >= 0.6 is 0 Å². The number of rotatable bonds is 4. The Kier molecular flexibility index (Phi) is 4.88. The normalized spacial score (nSPS) is 12.0. The van der Waals surface area contributed by atoms with Crippen LogP contribution in [-0.2, 0) is 15.5 Å². The highest BCUT2D eigenvalue weighted by atomic mass is 32.2. The lowest BCUT2D eigenvalue weighted by Crippen LogP contribution is -2.12. The Morgan fingerprint density at radius 3 is 1.92 bits per heavy atom. The van der Waals surface area contributed by atoms with E-state index in [-0.39, 0.29) is 10.3 Å². The van der Waals surface area contributed by atoms with Crippen LogP contribution < -0.4 is 4.18 Å². The second-order valence-electron chi connectivity index (χ2n) is 7.17. The molecule has 0 saturated carbocycles. The third-order valence-corrected chi connectivity index (χ3v) is 5.47. The molecule has 0 aliphatic carbocycles. The predicted octanol–water partition coefficient (Wildman–Crippen LogP) is 5.42. The summed E-state index contributed by atoms with van der Waals surface area (Å²) in [6.45, 7) is 6.44. The number of para-hydroxylation sites is 1. The quantitative estimate of drug-likeness (QED) is 0.579. The van der Waals surface area contributed by atoms with Crippen molar-refractivity contribution in [3.63, 3.8) is 0 Å². The molecule has 0 aliphatic heterocycles. The summed E-state index contributed by atoms with van der Waals surface area (Å²) in [6, 6.07) is 23.4. The van der Waals surface area contributed by atoms with E-state index >= 15 is 0 Å². The minimum Gasteiger partial charge on any atom is -0.379 e. The summed E-state index contributed by atoms with van der Waals surface area (Å²) in [5.41, 5.74) is 2.71. The van der Waals surface area contributed by atoms with Gasteiger partial charge in [0.05, 0.1) is 0 Å². The van der Waals surface area contributed by atoms with Gasteiger partial charge in [0.2, 0.25) is 0 Å². The molecule has 0 aliphatic rings. The van der Waals surface area contributed by atoms with Crippen LogP contribution in [0.15, 0.2) is 83.8 Å². The van der Waals surface area contributed by atoms with Gasteiger partial charge in [0.25, 0.3) is 0 Å². The molecule has 4 heteroatoms. The van der Waals surface area contributed by atoms with Gasteiger partial charge >= 0.3 is 10.1 Å². The van der Waals surface area contributed by atoms with Crippen LogP contribution in [0.3, 0.4) is 0 Å². The van der Waals surface area contributed by atoms with Gasteiger partial charge in [-0.05, 0) is 34.7 Å². The maximum Gasteiger partial charge on any atom is 0.339 e. The molecule has 0 N–H and O–H groups in total. The average molecular weight is 366 g/mol. The molecule has 0 amide bonds. The minimum atomic E-state index is -3.93. The van der Waals surface area contributed by atoms with Crippen LogP contribution in [-0.4, -0.2) is 8.42 Å². The lowest BCUT2D eigenvalue weighted by Gasteiger charge is -2.19. The topological polar surface area (TPSA) is 43.4 Å². The second-order valence-corrected chi connectivity index (χ2v) is 8.69. The van der Waals surface area contributed by atoms with Crippen molar-refractivity contribution in [3.8, 4) is 16.9 Å². The first-order valence-electron chi connectivity index (χ1n) is 8.47. The van der Waals surface area contributed by atoms with E-state index < -0.39 is 10.1 Å². The molecule has 0 heterocycles. The molecule has 0 bridgehead atoms. The smallest absolute Gasteiger partial charge is 0.339 e. The van der Waals surface area contributed by atoms with Crippen LogP contribution in [0.25, 0.3) is 11.1 Å². The van der Waals surface area contributed by atoms with Crippen molar-refractivity contribution in [2.75, 3.05) is 0 Å². The van der Waals surface area contributed by atoms with Crippen molar-refractivity contribution in [2.45, 2.75) is 31.1 Å². The fourth-order valence-corrected chi connectivity index (χ4v) is 3.88. The van der Waals surface area contributed by atoms with E-state index in [1.54, 1.807) is 42.5 Å². The zero-order valence-corrected chi connectivity index (χ0v) is 16.0. The lowest BCUT2D eigenvalue weighted by atomic mass is 9.86. The van der Waals surface area contributed by atoms with Gasteiger partial charge < -0.3 is 4.18 Å². The summed E-state index contributed by atoms with van der Waals surface area (Å²) in [4.78, 5) is 0.160. The SMILES string of the molecule is CC(C)(C)c1ccc(-c2ccccc2S(=O)(=O)Oc2ccccc2)cc1. The standard InChI is InChI=1S/C22H22O3S/c1-22(2,3)18-15-13-17(14-16-18)20-11-7-8-12-21(20)26(23,24)25-19-9-5-4-6-10-19/h4-16H,1-3H3. The first-order chi connectivity index (χ1) is 12.3. The van der Waals surface area contributed by atoms with Gasteiger partial charge in [0.15, 0.2) is 0 Å². The molecule has 0 aromatic heterocycles. The summed E-state index contributed by atoms with van der Waals surface area (Å²) >= 11 is 0. The van der Waals surface area contributed by atoms with Gasteiger partial charge in [-0.3, -0.25) is 0 Å². The molecular formula is C22H22O3S. The Morgan fingerprint density at radius 1 is 0.731 bits per heavy atom. The van der Waals surface area contributed by atoms with Gasteiger partial charge in [0, 0.05) is 5.56 Å². The van der Waals surface area contributed by atoms with Crippen LogP contribution in [0.4, 0.5) is 0 Å². The van der Waals surface area contributed by atoms with Crippen molar-refractivity contribution < 1.29 is 12.6 Å². The lowest BCUT2D eigenvalue weighted by molar-refractivity contribution is 0.486. The molecule has 0 atom stereocenters. The van der Waals surface area contributed by atoms with Crippen LogP contribution in [0.5, 0.6) is 5.75 Å². The molecule has 3 aromatic carbocycles. The van der Waals surface area contributed by atoms with Gasteiger partial charge in [-0.2, -0.15) is 8.42 Å². The van der Waals surface area contributed by atoms with E-state index in [1.165, 1.54) is 5.56 Å². The molecule has 3 nitrogen and oxygen atoms in total. The minimum absolute atomic E-state index is 0.0422. The molecule has 26 heavy (non-hydrogen) atoms. The first-order valence-corrected chi connectivity index (χ1v) is 9.88. The highest BCUT2D eigenvalue weighted by Crippen LogP contribution is 2.31. The van der Waals surface area contributed by atoms with Crippen molar-refractivity contribution in [1.82, 2.24) is 0 Å². The predicted molar refractivity (Wildman–Crippen MR) is 105 cm³/mol. The van der Waals surface area contributed by atoms with E-state index in [4.69, 9.17) is 4.18 Å². The van der Waals surface area contributed by atoms with Crippen molar-refractivity contribution in [3.05, 3.63) is 84.4 Å². The molecule has 0 saturated heterocycles. The van der Waals surface area contributed by atoms with E-state index in [0.717, 1.165) is 5.56 Å². The summed E-state index contributed by atoms with van der Waals surface area (Å²) < 4.78 is 30.9. The highest BCUT2D eigenvalue weighted by Gasteiger charge is 2.22. The molecule has 0 radical (unpaired) electrons. The fraction of sp³-hybridized carbons (Fsp3) is 0.182. The molecule has 3 aromatic rings. The zero-order valence-electron chi connectivity index (χ0n) is 15.1. The van der Waals surface area contributed by atoms with E-state index in [1.807, 2.05) is 36.4 Å². The van der Waals surface area contributed by atoms with E-state index in [2.05, 4.69) is 20.8 Å². The van der Waals surface area contributed by atoms with Gasteiger partial charge in [-0.1, -0.05) is 81.4 Å². The van der Waals surface area contributed by atoms with Gasteiger partial charge in [-0.25, -0.2) is 0 Å². The van der Waals surface area contributed by atoms with E-state index in [0.29, 0.717) is 11.3 Å². The van der Waals surface area contributed by atoms with Crippen LogP contribution in [0.1, 0.15) is 26.3 Å². The largest absolute Gasteiger partial charge is 0.379 e. The van der Waals surface area contributed by atoms with Crippen molar-refractivity contribution in [2.24, 2.45) is 0 Å². The summed E-state index contributed by atoms with van der Waals surface area (Å²) in [6.07, 6.45) is 0. The molecule has 0 unspecified atom stereocenters. The van der Waals surface area contributed by atoms with Crippen LogP contribution in [0, 0.1) is 0 Å². The molecule has 134 valence electrons. The maximum absolute atomic E-state index is 12.8. The Morgan fingerprint density at radius 2 is 1.31 bits per heavy atom. The average Bonchev–Trinajstić information content (AvgIpc) is 2.62. The maximum atomic E-state index is 12.8. The highest BCUT2D eigenvalue weighted by molar-refractivity contribution is 7.87. The number of benzene rings is 3. The van der Waals surface area contributed by atoms with Gasteiger partial charge in [-0.15, -0.1) is 0 Å². The number of hydrogen-bond donors (Lipinski definition) is 0. The number of hydrogen-bond acceptors (Lipinski definition) is 3. The fourth-order valence-electron chi connectivity index (χ4n) is 2.72. The Labute approximate surface area is 155 Å². The summed E-state index contributed by atoms with van der Waals surface area (Å²) in [5.74, 6) is 0.297. The monoisotopic (exact) mass is 366 g/mol. The Hall–Kier alpha value is -2.59. The molecule has 0 spiro atoms. The zero-order chi connectivity index (χ0) is 18.8. The van der Waals surface area contributed by atoms with Crippen LogP contribution in [0.2, 0.25) is 0 Å².